The molecule has 0 N–H and O–H groups in total. The molecule has 0 aliphatic rings. The zero-order valence-corrected chi connectivity index (χ0v) is 9.36. The Bertz CT molecular complexity index is 384. The van der Waals surface area contributed by atoms with Gasteiger partial charge in [-0.05, 0) is 26.0 Å². The molecule has 0 heterocycles. The van der Waals surface area contributed by atoms with E-state index in [9.17, 15) is 9.59 Å². The van der Waals surface area contributed by atoms with Crippen LogP contribution >= 0.6 is 0 Å². The van der Waals surface area contributed by atoms with Crippen molar-refractivity contribution < 1.29 is 19.1 Å². The van der Waals surface area contributed by atoms with Crippen molar-refractivity contribution in [3.63, 3.8) is 0 Å². The van der Waals surface area contributed by atoms with Gasteiger partial charge >= 0.3 is 5.97 Å². The Kier molecular flexibility index (Phi) is 4.66. The number of Topliss-reactive ketones (excluding diaryl/α,β-unsaturated/α-hetero) is 1. The van der Waals surface area contributed by atoms with Gasteiger partial charge in [-0.3, -0.25) is 4.79 Å². The highest BCUT2D eigenvalue weighted by molar-refractivity contribution is 5.94. The molecule has 0 aliphatic heterocycles. The molecule has 0 unspecified atom stereocenters. The van der Waals surface area contributed by atoms with E-state index in [4.69, 9.17) is 9.47 Å². The van der Waals surface area contributed by atoms with Gasteiger partial charge in [0.15, 0.2) is 5.78 Å². The van der Waals surface area contributed by atoms with E-state index in [0.29, 0.717) is 17.9 Å². The normalized spacial score (nSPS) is 9.88. The van der Waals surface area contributed by atoms with E-state index in [0.717, 1.165) is 0 Å². The van der Waals surface area contributed by atoms with Gasteiger partial charge in [-0.15, -0.1) is 0 Å². The molecule has 0 bridgehead atoms. The van der Waals surface area contributed by atoms with Crippen LogP contribution in [0.15, 0.2) is 24.3 Å². The highest BCUT2D eigenvalue weighted by atomic mass is 16.6. The third-order valence-electron chi connectivity index (χ3n) is 1.90. The summed E-state index contributed by atoms with van der Waals surface area (Å²) in [6.07, 6.45) is 0. The Hall–Kier alpha value is -1.68. The number of ketones is 1. The Morgan fingerprint density at radius 1 is 1.31 bits per heavy atom. The smallest absolute Gasteiger partial charge is 0.337 e. The lowest BCUT2D eigenvalue weighted by Crippen LogP contribution is -2.15. The van der Waals surface area contributed by atoms with Crippen LogP contribution in [0.5, 0.6) is 5.75 Å². The van der Waals surface area contributed by atoms with Gasteiger partial charge in [0.1, 0.15) is 12.4 Å². The second-order valence-electron chi connectivity index (χ2n) is 3.20. The molecule has 0 atom stereocenters. The molecule has 4 nitrogen and oxygen atoms in total. The molecule has 0 radical (unpaired) electrons. The van der Waals surface area contributed by atoms with Crippen LogP contribution < -0.4 is 4.74 Å². The predicted molar refractivity (Wildman–Crippen MR) is 58.6 cm³/mol. The number of esters is 1. The third-order valence-corrected chi connectivity index (χ3v) is 1.90. The zero-order valence-electron chi connectivity index (χ0n) is 9.36. The number of hydrogen-bond acceptors (Lipinski definition) is 4. The van der Waals surface area contributed by atoms with Gasteiger partial charge in [-0.1, -0.05) is 12.1 Å². The van der Waals surface area contributed by atoms with Crippen LogP contribution in [0.3, 0.4) is 0 Å². The van der Waals surface area contributed by atoms with Gasteiger partial charge in [0, 0.05) is 12.2 Å². The first kappa shape index (κ1) is 12.4. The van der Waals surface area contributed by atoms with Crippen molar-refractivity contribution in [2.24, 2.45) is 0 Å². The Balaban J connectivity index is 2.63. The summed E-state index contributed by atoms with van der Waals surface area (Å²) in [5, 5.41) is 0. The molecule has 1 aromatic carbocycles. The quantitative estimate of drug-likeness (QED) is 0.433. The molecular formula is C12H14O4. The summed E-state index contributed by atoms with van der Waals surface area (Å²) in [4.78, 5) is 22.3. The Morgan fingerprint density at radius 2 is 2.06 bits per heavy atom. The fraction of sp³-hybridized carbons (Fsp3) is 0.333. The summed E-state index contributed by atoms with van der Waals surface area (Å²) in [6.45, 7) is 3.63. The molecule has 1 aromatic rings. The van der Waals surface area contributed by atoms with E-state index in [-0.39, 0.29) is 12.4 Å². The van der Waals surface area contributed by atoms with Crippen LogP contribution in [0.1, 0.15) is 24.2 Å². The number of rotatable bonds is 5. The fourth-order valence-corrected chi connectivity index (χ4v) is 1.12. The number of carbonyl (C=O) groups is 2. The van der Waals surface area contributed by atoms with E-state index in [1.807, 2.05) is 0 Å². The third kappa shape index (κ3) is 3.82. The monoisotopic (exact) mass is 222 g/mol. The predicted octanol–water partition coefficient (Wildman–Crippen LogP) is 1.83. The molecule has 4 heteroatoms. The second kappa shape index (κ2) is 6.02. The number of hydrogen-bond donors (Lipinski definition) is 0. The molecular weight excluding hydrogens is 208 g/mol. The van der Waals surface area contributed by atoms with Crippen molar-refractivity contribution in [3.05, 3.63) is 29.8 Å². The van der Waals surface area contributed by atoms with Crippen LogP contribution in [0, 0.1) is 0 Å². The van der Waals surface area contributed by atoms with Crippen LogP contribution in [-0.4, -0.2) is 25.0 Å². The molecule has 0 spiro atoms. The zero-order chi connectivity index (χ0) is 12.0. The van der Waals surface area contributed by atoms with E-state index in [1.165, 1.54) is 13.0 Å². The lowest BCUT2D eigenvalue weighted by Gasteiger charge is -2.05. The number of benzene rings is 1. The average molecular weight is 222 g/mol. The second-order valence-corrected chi connectivity index (χ2v) is 3.20. The van der Waals surface area contributed by atoms with Crippen molar-refractivity contribution in [1.82, 2.24) is 0 Å². The molecule has 0 amide bonds. The molecule has 0 saturated carbocycles. The minimum absolute atomic E-state index is 0.0669. The van der Waals surface area contributed by atoms with Gasteiger partial charge in [0.25, 0.3) is 0 Å². The van der Waals surface area contributed by atoms with Crippen LogP contribution in [0.2, 0.25) is 0 Å². The first-order valence-corrected chi connectivity index (χ1v) is 5.03. The maximum atomic E-state index is 11.2. The van der Waals surface area contributed by atoms with Crippen LogP contribution in [-0.2, 0) is 9.53 Å². The Labute approximate surface area is 94.2 Å². The van der Waals surface area contributed by atoms with Crippen molar-refractivity contribution in [3.8, 4) is 5.75 Å². The maximum absolute atomic E-state index is 11.2. The van der Waals surface area contributed by atoms with Gasteiger partial charge < -0.3 is 9.47 Å². The summed E-state index contributed by atoms with van der Waals surface area (Å²) in [5.74, 6) is -0.178. The summed E-state index contributed by atoms with van der Waals surface area (Å²) in [5.41, 5.74) is 0.515. The molecule has 1 rings (SSSR count). The molecule has 0 aliphatic carbocycles. The molecule has 16 heavy (non-hydrogen) atoms. The standard InChI is InChI=1S/C12H14O4/c1-3-15-8-12(14)16-11-6-4-5-10(7-11)9(2)13/h4-7H,3,8H2,1-2H3. The largest absolute Gasteiger partial charge is 0.425 e. The van der Waals surface area contributed by atoms with E-state index in [1.54, 1.807) is 25.1 Å². The SMILES string of the molecule is CCOCC(=O)Oc1cccc(C(C)=O)c1. The van der Waals surface area contributed by atoms with Gasteiger partial charge in [0.05, 0.1) is 0 Å². The molecule has 86 valence electrons. The van der Waals surface area contributed by atoms with Crippen molar-refractivity contribution in [2.75, 3.05) is 13.2 Å². The summed E-state index contributed by atoms with van der Waals surface area (Å²) in [6, 6.07) is 6.49. The minimum atomic E-state index is -0.470. The van der Waals surface area contributed by atoms with E-state index >= 15 is 0 Å². The average Bonchev–Trinajstić information content (AvgIpc) is 2.26. The van der Waals surface area contributed by atoms with E-state index < -0.39 is 5.97 Å². The summed E-state index contributed by atoms with van der Waals surface area (Å²) >= 11 is 0. The Morgan fingerprint density at radius 3 is 2.69 bits per heavy atom. The van der Waals surface area contributed by atoms with Crippen molar-refractivity contribution in [2.45, 2.75) is 13.8 Å². The van der Waals surface area contributed by atoms with Gasteiger partial charge in [-0.25, -0.2) is 4.79 Å². The van der Waals surface area contributed by atoms with Gasteiger partial charge in [-0.2, -0.15) is 0 Å². The number of carbonyl (C=O) groups excluding carboxylic acids is 2. The van der Waals surface area contributed by atoms with Gasteiger partial charge in [0.2, 0.25) is 0 Å². The summed E-state index contributed by atoms with van der Waals surface area (Å²) < 4.78 is 9.89. The van der Waals surface area contributed by atoms with Crippen molar-refractivity contribution in [1.29, 1.82) is 0 Å². The van der Waals surface area contributed by atoms with Crippen LogP contribution in [0.25, 0.3) is 0 Å². The highest BCUT2D eigenvalue weighted by Crippen LogP contribution is 2.13. The number of ether oxygens (including phenoxy) is 2. The lowest BCUT2D eigenvalue weighted by molar-refractivity contribution is -0.139. The highest BCUT2D eigenvalue weighted by Gasteiger charge is 2.06. The molecule has 0 fully saturated rings. The maximum Gasteiger partial charge on any atom is 0.337 e. The van der Waals surface area contributed by atoms with Crippen LogP contribution in [0.4, 0.5) is 0 Å². The topological polar surface area (TPSA) is 52.6 Å². The van der Waals surface area contributed by atoms with E-state index in [2.05, 4.69) is 0 Å². The lowest BCUT2D eigenvalue weighted by atomic mass is 10.1. The minimum Gasteiger partial charge on any atom is -0.425 e. The van der Waals surface area contributed by atoms with Crippen molar-refractivity contribution >= 4 is 11.8 Å². The molecule has 0 saturated heterocycles. The fourth-order valence-electron chi connectivity index (χ4n) is 1.12. The first-order chi connectivity index (χ1) is 7.63. The summed E-state index contributed by atoms with van der Waals surface area (Å²) in [7, 11) is 0. The first-order valence-electron chi connectivity index (χ1n) is 5.03. The molecule has 0 aromatic heterocycles.